The largest absolute Gasteiger partial charge is 0.479 e. The van der Waals surface area contributed by atoms with Crippen LogP contribution in [0.3, 0.4) is 0 Å². The lowest BCUT2D eigenvalue weighted by molar-refractivity contribution is -0.151. The Morgan fingerprint density at radius 2 is 2.54 bits per heavy atom. The quantitative estimate of drug-likeness (QED) is 0.844. The highest BCUT2D eigenvalue weighted by Gasteiger charge is 2.29. The molecule has 0 radical (unpaired) electrons. The third-order valence-electron chi connectivity index (χ3n) is 2.02. The molecule has 2 heterocycles. The maximum Gasteiger partial charge on any atom is 0.337 e. The molecule has 0 bridgehead atoms. The Labute approximate surface area is 87.5 Å². The predicted molar refractivity (Wildman–Crippen MR) is 52.1 cm³/mol. The summed E-state index contributed by atoms with van der Waals surface area (Å²) in [6, 6.07) is 0. The van der Waals surface area contributed by atoms with E-state index < -0.39 is 12.1 Å². The number of rotatable bonds is 1. The van der Waals surface area contributed by atoms with E-state index in [0.717, 1.165) is 21.3 Å². The van der Waals surface area contributed by atoms with Crippen LogP contribution in [0.1, 0.15) is 17.2 Å². The number of carbonyl (C=O) groups is 1. The molecule has 2 rings (SSSR count). The number of halogens is 1. The summed E-state index contributed by atoms with van der Waals surface area (Å²) in [6.07, 6.45) is 0.0229. The Kier molecular flexibility index (Phi) is 2.40. The third kappa shape index (κ3) is 1.51. The van der Waals surface area contributed by atoms with Gasteiger partial charge in [-0.15, -0.1) is 11.3 Å². The number of fused-ring (bicyclic) bond motifs is 1. The van der Waals surface area contributed by atoms with Crippen LogP contribution < -0.4 is 0 Å². The molecule has 1 aromatic heterocycles. The van der Waals surface area contributed by atoms with E-state index in [2.05, 4.69) is 15.9 Å². The molecule has 5 heteroatoms. The number of thiophene rings is 1. The molecule has 0 amide bonds. The lowest BCUT2D eigenvalue weighted by Crippen LogP contribution is -2.21. The van der Waals surface area contributed by atoms with Gasteiger partial charge in [0.05, 0.1) is 10.4 Å². The van der Waals surface area contributed by atoms with Crippen molar-refractivity contribution < 1.29 is 14.6 Å². The van der Waals surface area contributed by atoms with Crippen LogP contribution in [0, 0.1) is 0 Å². The Bertz CT molecular complexity index is 347. The molecule has 1 aliphatic rings. The summed E-state index contributed by atoms with van der Waals surface area (Å²) in [7, 11) is 0. The van der Waals surface area contributed by atoms with Gasteiger partial charge in [-0.25, -0.2) is 4.79 Å². The molecule has 0 spiro atoms. The van der Waals surface area contributed by atoms with E-state index >= 15 is 0 Å². The summed E-state index contributed by atoms with van der Waals surface area (Å²) < 4.78 is 6.19. The van der Waals surface area contributed by atoms with Gasteiger partial charge in [-0.1, -0.05) is 0 Å². The van der Waals surface area contributed by atoms with Gasteiger partial charge >= 0.3 is 5.97 Å². The minimum Gasteiger partial charge on any atom is -0.479 e. The lowest BCUT2D eigenvalue weighted by Gasteiger charge is -2.19. The normalized spacial score (nSPS) is 21.2. The molecular formula is C8H7BrO3S. The van der Waals surface area contributed by atoms with Gasteiger partial charge in [-0.05, 0) is 33.3 Å². The van der Waals surface area contributed by atoms with Gasteiger partial charge in [0.15, 0.2) is 6.10 Å². The highest BCUT2D eigenvalue weighted by atomic mass is 79.9. The van der Waals surface area contributed by atoms with E-state index in [-0.39, 0.29) is 0 Å². The van der Waals surface area contributed by atoms with Crippen molar-refractivity contribution in [1.82, 2.24) is 0 Å². The summed E-state index contributed by atoms with van der Waals surface area (Å²) in [5.41, 5.74) is 1.89. The first-order valence-corrected chi connectivity index (χ1v) is 5.47. The number of carboxylic acid groups (broad SMARTS) is 1. The van der Waals surface area contributed by atoms with Crippen LogP contribution in [0.4, 0.5) is 0 Å². The molecule has 1 aromatic rings. The zero-order valence-electron chi connectivity index (χ0n) is 6.62. The predicted octanol–water partition coefficient (Wildman–Crippen LogP) is 2.21. The third-order valence-corrected chi connectivity index (χ3v) is 3.88. The molecule has 0 aromatic carbocycles. The Hall–Kier alpha value is -0.390. The second-order valence-corrected chi connectivity index (χ2v) is 4.98. The van der Waals surface area contributed by atoms with Crippen LogP contribution in [-0.2, 0) is 16.0 Å². The first kappa shape index (κ1) is 9.18. The maximum atomic E-state index is 10.8. The van der Waals surface area contributed by atoms with Crippen molar-refractivity contribution in [2.45, 2.75) is 12.5 Å². The van der Waals surface area contributed by atoms with Crippen molar-refractivity contribution in [2.75, 3.05) is 6.61 Å². The summed E-state index contributed by atoms with van der Waals surface area (Å²) in [6.45, 7) is 0.485. The Morgan fingerprint density at radius 3 is 3.23 bits per heavy atom. The Balaban J connectivity index is 2.43. The molecule has 1 N–H and O–H groups in total. The molecule has 0 saturated carbocycles. The van der Waals surface area contributed by atoms with Crippen LogP contribution in [0.25, 0.3) is 0 Å². The van der Waals surface area contributed by atoms with Crippen molar-refractivity contribution in [1.29, 1.82) is 0 Å². The minimum absolute atomic E-state index is 0.485. The number of aliphatic carboxylic acids is 1. The molecule has 1 aliphatic heterocycles. The molecular weight excluding hydrogens is 256 g/mol. The zero-order chi connectivity index (χ0) is 9.42. The standard InChI is InChI=1S/C8H7BrO3S/c9-7-4-1-2-12-6(8(10)11)5(4)3-13-7/h3,6H,1-2H2,(H,10,11)/t6-/m1/s1. The van der Waals surface area contributed by atoms with Gasteiger partial charge in [-0.2, -0.15) is 0 Å². The van der Waals surface area contributed by atoms with Gasteiger partial charge in [-0.3, -0.25) is 0 Å². The van der Waals surface area contributed by atoms with Crippen molar-refractivity contribution in [3.8, 4) is 0 Å². The number of hydrogen-bond acceptors (Lipinski definition) is 3. The zero-order valence-corrected chi connectivity index (χ0v) is 9.02. The van der Waals surface area contributed by atoms with Gasteiger partial charge < -0.3 is 9.84 Å². The van der Waals surface area contributed by atoms with Crippen LogP contribution >= 0.6 is 27.3 Å². The van der Waals surface area contributed by atoms with E-state index in [1.54, 1.807) is 0 Å². The van der Waals surface area contributed by atoms with E-state index in [1.807, 2.05) is 5.38 Å². The van der Waals surface area contributed by atoms with Crippen LogP contribution in [0.5, 0.6) is 0 Å². The van der Waals surface area contributed by atoms with Crippen LogP contribution in [0.2, 0.25) is 0 Å². The second kappa shape index (κ2) is 3.40. The first-order valence-electron chi connectivity index (χ1n) is 3.80. The van der Waals surface area contributed by atoms with Gasteiger partial charge in [0, 0.05) is 5.56 Å². The average Bonchev–Trinajstić information content (AvgIpc) is 2.48. The molecule has 70 valence electrons. The summed E-state index contributed by atoms with van der Waals surface area (Å²) in [5.74, 6) is -0.911. The van der Waals surface area contributed by atoms with Gasteiger partial charge in [0.1, 0.15) is 0 Å². The fourth-order valence-corrected chi connectivity index (χ4v) is 2.97. The SMILES string of the molecule is O=C(O)[C@@H]1OCCc2c1csc2Br. The second-order valence-electron chi connectivity index (χ2n) is 2.78. The molecule has 3 nitrogen and oxygen atoms in total. The molecule has 0 saturated heterocycles. The fourth-order valence-electron chi connectivity index (χ4n) is 1.41. The maximum absolute atomic E-state index is 10.8. The number of carboxylic acids is 1. The van der Waals surface area contributed by atoms with E-state index in [4.69, 9.17) is 9.84 Å². The summed E-state index contributed by atoms with van der Waals surface area (Å²) in [4.78, 5) is 10.8. The molecule has 1 atom stereocenters. The van der Waals surface area contributed by atoms with Gasteiger partial charge in [0.25, 0.3) is 0 Å². The number of hydrogen-bond donors (Lipinski definition) is 1. The summed E-state index contributed by atoms with van der Waals surface area (Å²) in [5, 5.41) is 10.7. The van der Waals surface area contributed by atoms with Crippen molar-refractivity contribution in [2.24, 2.45) is 0 Å². The monoisotopic (exact) mass is 262 g/mol. The Morgan fingerprint density at radius 1 is 1.77 bits per heavy atom. The van der Waals surface area contributed by atoms with E-state index in [1.165, 1.54) is 11.3 Å². The summed E-state index contributed by atoms with van der Waals surface area (Å²) >= 11 is 4.91. The van der Waals surface area contributed by atoms with Crippen molar-refractivity contribution in [3.63, 3.8) is 0 Å². The lowest BCUT2D eigenvalue weighted by atomic mass is 10.0. The first-order chi connectivity index (χ1) is 6.20. The topological polar surface area (TPSA) is 46.5 Å². The molecule has 0 aliphatic carbocycles. The van der Waals surface area contributed by atoms with Crippen LogP contribution in [0.15, 0.2) is 9.17 Å². The van der Waals surface area contributed by atoms with Gasteiger partial charge in [0.2, 0.25) is 0 Å². The molecule has 0 unspecified atom stereocenters. The smallest absolute Gasteiger partial charge is 0.337 e. The van der Waals surface area contributed by atoms with Crippen molar-refractivity contribution >= 4 is 33.2 Å². The van der Waals surface area contributed by atoms with Crippen molar-refractivity contribution in [3.05, 3.63) is 20.3 Å². The number of ether oxygens (including phenoxy) is 1. The molecule has 0 fully saturated rings. The average molecular weight is 263 g/mol. The highest BCUT2D eigenvalue weighted by Crippen LogP contribution is 2.36. The van der Waals surface area contributed by atoms with E-state index in [0.29, 0.717) is 6.61 Å². The highest BCUT2D eigenvalue weighted by molar-refractivity contribution is 9.11. The minimum atomic E-state index is -0.911. The molecule has 13 heavy (non-hydrogen) atoms. The van der Waals surface area contributed by atoms with Crippen LogP contribution in [-0.4, -0.2) is 17.7 Å². The van der Waals surface area contributed by atoms with E-state index in [9.17, 15) is 4.79 Å². The fraction of sp³-hybridized carbons (Fsp3) is 0.375.